The Morgan fingerprint density at radius 1 is 0.431 bits per heavy atom. The van der Waals surface area contributed by atoms with Gasteiger partial charge in [-0.25, -0.2) is 0 Å². The van der Waals surface area contributed by atoms with E-state index < -0.39 is 0 Å². The largest absolute Gasteiger partial charge is 0.310 e. The second-order valence-corrected chi connectivity index (χ2v) is 14.2. The number of hydrogen-bond acceptors (Lipinski definition) is 1. The topological polar surface area (TPSA) is 8.17 Å². The van der Waals surface area contributed by atoms with Crippen LogP contribution in [0.5, 0.6) is 0 Å². The van der Waals surface area contributed by atoms with Crippen LogP contribution in [-0.4, -0.2) is 4.57 Å². The van der Waals surface area contributed by atoms with Crippen LogP contribution >= 0.6 is 0 Å². The Morgan fingerprint density at radius 2 is 1.10 bits per heavy atom. The molecule has 0 saturated carbocycles. The summed E-state index contributed by atoms with van der Waals surface area (Å²) in [4.78, 5) is 2.41. The van der Waals surface area contributed by atoms with Crippen molar-refractivity contribution in [1.29, 1.82) is 0 Å². The molecule has 242 valence electrons. The third kappa shape index (κ3) is 4.57. The maximum atomic E-state index is 2.43. The molecule has 0 N–H and O–H groups in total. The molecule has 0 amide bonds. The minimum atomic E-state index is -0.0901. The summed E-state index contributed by atoms with van der Waals surface area (Å²) in [7, 11) is 0. The summed E-state index contributed by atoms with van der Waals surface area (Å²) >= 11 is 0. The van der Waals surface area contributed by atoms with Gasteiger partial charge in [0.2, 0.25) is 0 Å². The summed E-state index contributed by atoms with van der Waals surface area (Å²) in [5.41, 5.74) is 14.7. The lowest BCUT2D eigenvalue weighted by Crippen LogP contribution is -2.16. The molecule has 0 atom stereocenters. The molecule has 2 heteroatoms. The zero-order valence-corrected chi connectivity index (χ0v) is 28.7. The molecule has 1 aliphatic carbocycles. The van der Waals surface area contributed by atoms with Crippen molar-refractivity contribution in [2.45, 2.75) is 19.3 Å². The zero-order valence-electron chi connectivity index (χ0n) is 28.7. The maximum Gasteiger partial charge on any atom is 0.0562 e. The van der Waals surface area contributed by atoms with Gasteiger partial charge >= 0.3 is 0 Å². The van der Waals surface area contributed by atoms with E-state index in [9.17, 15) is 0 Å². The normalized spacial score (nSPS) is 13.1. The lowest BCUT2D eigenvalue weighted by molar-refractivity contribution is 0.660. The molecular formula is C49H36N2. The van der Waals surface area contributed by atoms with Gasteiger partial charge in [-0.05, 0) is 105 Å². The van der Waals surface area contributed by atoms with E-state index in [4.69, 9.17) is 0 Å². The minimum absolute atomic E-state index is 0.0901. The van der Waals surface area contributed by atoms with E-state index in [0.717, 1.165) is 22.7 Å². The number of hydrogen-bond donors (Lipinski definition) is 0. The molecule has 8 aromatic carbocycles. The Labute approximate surface area is 298 Å². The molecule has 0 saturated heterocycles. The molecule has 0 unspecified atom stereocenters. The van der Waals surface area contributed by atoms with Crippen molar-refractivity contribution in [3.63, 3.8) is 0 Å². The molecule has 1 aliphatic rings. The summed E-state index contributed by atoms with van der Waals surface area (Å²) in [6.45, 7) is 4.71. The fourth-order valence-electron chi connectivity index (χ4n) is 8.50. The summed E-state index contributed by atoms with van der Waals surface area (Å²) < 4.78 is 2.43. The average Bonchev–Trinajstić information content (AvgIpc) is 3.63. The SMILES string of the molecule is CC1(C)c2ccccc2-c2ccc(N(c3ccccc3)c3ccc4c5c(-c6ccc7ccccc7c6)cccc5n(-c5ccccc5)c4c3)cc21. The second-order valence-electron chi connectivity index (χ2n) is 14.2. The van der Waals surface area contributed by atoms with Gasteiger partial charge in [-0.3, -0.25) is 0 Å². The summed E-state index contributed by atoms with van der Waals surface area (Å²) in [5, 5.41) is 5.01. The molecule has 9 aromatic rings. The van der Waals surface area contributed by atoms with Crippen molar-refractivity contribution < 1.29 is 0 Å². The first-order valence-corrected chi connectivity index (χ1v) is 17.8. The molecule has 0 radical (unpaired) electrons. The van der Waals surface area contributed by atoms with Crippen LogP contribution in [0.3, 0.4) is 0 Å². The predicted octanol–water partition coefficient (Wildman–Crippen LogP) is 13.4. The van der Waals surface area contributed by atoms with Crippen molar-refractivity contribution in [2.24, 2.45) is 0 Å². The molecule has 0 spiro atoms. The second kappa shape index (κ2) is 11.3. The molecular weight excluding hydrogens is 617 g/mol. The monoisotopic (exact) mass is 652 g/mol. The molecule has 51 heavy (non-hydrogen) atoms. The first-order chi connectivity index (χ1) is 25.1. The van der Waals surface area contributed by atoms with Gasteiger partial charge in [0.25, 0.3) is 0 Å². The summed E-state index contributed by atoms with van der Waals surface area (Å²) in [5.74, 6) is 0. The van der Waals surface area contributed by atoms with E-state index in [1.807, 2.05) is 0 Å². The number of anilines is 3. The molecule has 10 rings (SSSR count). The van der Waals surface area contributed by atoms with Crippen molar-refractivity contribution in [3.05, 3.63) is 193 Å². The lowest BCUT2D eigenvalue weighted by Gasteiger charge is -2.28. The molecule has 2 nitrogen and oxygen atoms in total. The third-order valence-corrected chi connectivity index (χ3v) is 10.9. The van der Waals surface area contributed by atoms with Crippen molar-refractivity contribution in [1.82, 2.24) is 4.57 Å². The van der Waals surface area contributed by atoms with E-state index >= 15 is 0 Å². The van der Waals surface area contributed by atoms with Gasteiger partial charge < -0.3 is 9.47 Å². The van der Waals surface area contributed by atoms with Gasteiger partial charge in [-0.1, -0.05) is 135 Å². The fourth-order valence-corrected chi connectivity index (χ4v) is 8.50. The van der Waals surface area contributed by atoms with Crippen LogP contribution in [-0.2, 0) is 5.41 Å². The first-order valence-electron chi connectivity index (χ1n) is 17.8. The zero-order chi connectivity index (χ0) is 34.1. The highest BCUT2D eigenvalue weighted by Crippen LogP contribution is 2.51. The molecule has 0 aliphatic heterocycles. The molecule has 1 heterocycles. The molecule has 0 fully saturated rings. The van der Waals surface area contributed by atoms with Gasteiger partial charge in [0.15, 0.2) is 0 Å². The van der Waals surface area contributed by atoms with Crippen LogP contribution in [0, 0.1) is 0 Å². The number of aromatic nitrogens is 1. The highest BCUT2D eigenvalue weighted by atomic mass is 15.1. The lowest BCUT2D eigenvalue weighted by atomic mass is 9.82. The van der Waals surface area contributed by atoms with E-state index in [2.05, 4.69) is 205 Å². The molecule has 1 aromatic heterocycles. The fraction of sp³-hybridized carbons (Fsp3) is 0.0612. The highest BCUT2D eigenvalue weighted by Gasteiger charge is 2.35. The Kier molecular flexibility index (Phi) is 6.56. The van der Waals surface area contributed by atoms with Gasteiger partial charge in [0, 0.05) is 38.9 Å². The number of rotatable bonds is 5. The Hall–Kier alpha value is -6.38. The number of fused-ring (bicyclic) bond motifs is 7. The third-order valence-electron chi connectivity index (χ3n) is 10.9. The van der Waals surface area contributed by atoms with Crippen molar-refractivity contribution in [3.8, 4) is 27.9 Å². The standard InChI is InChI=1S/C49H36N2/c1-49(2)44-22-12-11-20-41(44)42-28-26-38(31-45(42)49)50(36-16-5-3-6-17-36)39-27-29-43-47(32-39)51(37-18-7-4-8-19-37)46-23-13-21-40(48(43)46)35-25-24-33-14-9-10-15-34(33)30-35/h3-32H,1-2H3. The first kappa shape index (κ1) is 29.5. The van der Waals surface area contributed by atoms with Crippen LogP contribution in [0.25, 0.3) is 60.5 Å². The Balaban J connectivity index is 1.22. The number of nitrogens with zero attached hydrogens (tertiary/aromatic N) is 2. The average molecular weight is 653 g/mol. The van der Waals surface area contributed by atoms with Crippen LogP contribution in [0.4, 0.5) is 17.1 Å². The maximum absolute atomic E-state index is 2.43. The summed E-state index contributed by atoms with van der Waals surface area (Å²) in [6, 6.07) is 66.6. The van der Waals surface area contributed by atoms with Crippen LogP contribution in [0.2, 0.25) is 0 Å². The smallest absolute Gasteiger partial charge is 0.0562 e. The molecule has 0 bridgehead atoms. The quantitative estimate of drug-likeness (QED) is 0.180. The van der Waals surface area contributed by atoms with Gasteiger partial charge in [0.1, 0.15) is 0 Å². The van der Waals surface area contributed by atoms with E-state index in [-0.39, 0.29) is 5.41 Å². The van der Waals surface area contributed by atoms with Crippen molar-refractivity contribution >= 4 is 49.6 Å². The predicted molar refractivity (Wildman–Crippen MR) is 216 cm³/mol. The van der Waals surface area contributed by atoms with Crippen molar-refractivity contribution in [2.75, 3.05) is 4.90 Å². The number of benzene rings is 8. The van der Waals surface area contributed by atoms with E-state index in [0.29, 0.717) is 0 Å². The number of para-hydroxylation sites is 2. The van der Waals surface area contributed by atoms with Crippen LogP contribution in [0.1, 0.15) is 25.0 Å². The van der Waals surface area contributed by atoms with E-state index in [1.165, 1.54) is 66.0 Å². The van der Waals surface area contributed by atoms with Crippen LogP contribution in [0.15, 0.2) is 182 Å². The minimum Gasteiger partial charge on any atom is -0.310 e. The Bertz CT molecular complexity index is 2770. The highest BCUT2D eigenvalue weighted by molar-refractivity contribution is 6.17. The van der Waals surface area contributed by atoms with Crippen LogP contribution < -0.4 is 4.90 Å². The summed E-state index contributed by atoms with van der Waals surface area (Å²) in [6.07, 6.45) is 0. The van der Waals surface area contributed by atoms with Gasteiger partial charge in [-0.15, -0.1) is 0 Å². The Morgan fingerprint density at radius 3 is 1.94 bits per heavy atom. The van der Waals surface area contributed by atoms with Gasteiger partial charge in [0.05, 0.1) is 11.0 Å². The van der Waals surface area contributed by atoms with E-state index in [1.54, 1.807) is 0 Å². The van der Waals surface area contributed by atoms with Gasteiger partial charge in [-0.2, -0.15) is 0 Å².